The summed E-state index contributed by atoms with van der Waals surface area (Å²) in [6.45, 7) is 3.14. The number of halogens is 1. The van der Waals surface area contributed by atoms with Gasteiger partial charge in [0.15, 0.2) is 0 Å². The quantitative estimate of drug-likeness (QED) is 0.630. The number of hydrogen-bond donors (Lipinski definition) is 1. The predicted molar refractivity (Wildman–Crippen MR) is 108 cm³/mol. The Morgan fingerprint density at radius 1 is 1.21 bits per heavy atom. The molecular formula is C22H21ClN2O3. The van der Waals surface area contributed by atoms with Gasteiger partial charge in [0.1, 0.15) is 5.75 Å². The average molecular weight is 397 g/mol. The van der Waals surface area contributed by atoms with Gasteiger partial charge in [0.2, 0.25) is 0 Å². The highest BCUT2D eigenvalue weighted by molar-refractivity contribution is 6.30. The van der Waals surface area contributed by atoms with Gasteiger partial charge in [-0.05, 0) is 48.7 Å². The molecule has 1 heterocycles. The van der Waals surface area contributed by atoms with Gasteiger partial charge in [0.25, 0.3) is 0 Å². The van der Waals surface area contributed by atoms with Crippen molar-refractivity contribution in [2.75, 3.05) is 6.61 Å². The molecule has 0 amide bonds. The number of hydrogen-bond acceptors (Lipinski definition) is 3. The van der Waals surface area contributed by atoms with Gasteiger partial charge in [-0.15, -0.1) is 0 Å². The van der Waals surface area contributed by atoms with Gasteiger partial charge in [-0.2, -0.15) is 5.10 Å². The Bertz CT molecular complexity index is 980. The average Bonchev–Trinajstić information content (AvgIpc) is 3.38. The first-order valence-corrected chi connectivity index (χ1v) is 9.62. The Morgan fingerprint density at radius 3 is 2.57 bits per heavy atom. The smallest absolute Gasteiger partial charge is 0.306 e. The minimum Gasteiger partial charge on any atom is -0.493 e. The molecule has 0 aliphatic heterocycles. The summed E-state index contributed by atoms with van der Waals surface area (Å²) in [5.41, 5.74) is 4.25. The number of carboxylic acids is 1. The Labute approximate surface area is 168 Å². The topological polar surface area (TPSA) is 64.4 Å². The summed E-state index contributed by atoms with van der Waals surface area (Å²) in [4.78, 5) is 10.9. The summed E-state index contributed by atoms with van der Waals surface area (Å²) in [5, 5.41) is 14.3. The van der Waals surface area contributed by atoms with E-state index in [9.17, 15) is 4.79 Å². The zero-order chi connectivity index (χ0) is 19.7. The number of carbonyl (C=O) groups is 1. The van der Waals surface area contributed by atoms with Crippen molar-refractivity contribution in [2.45, 2.75) is 19.9 Å². The Morgan fingerprint density at radius 2 is 1.93 bits per heavy atom. The number of aryl methyl sites for hydroxylation is 1. The Hall–Kier alpha value is -2.79. The predicted octanol–water partition coefficient (Wildman–Crippen LogP) is 4.66. The number of benzene rings is 2. The van der Waals surface area contributed by atoms with Crippen molar-refractivity contribution in [3.8, 4) is 16.9 Å². The molecule has 1 aliphatic carbocycles. The third-order valence-electron chi connectivity index (χ3n) is 5.07. The lowest BCUT2D eigenvalue weighted by Gasteiger charge is -2.06. The summed E-state index contributed by atoms with van der Waals surface area (Å²) in [7, 11) is 0. The normalized spacial score (nSPS) is 18.1. The van der Waals surface area contributed by atoms with Crippen LogP contribution in [0.2, 0.25) is 5.02 Å². The maximum absolute atomic E-state index is 10.9. The summed E-state index contributed by atoms with van der Waals surface area (Å²) in [6.07, 6.45) is 2.75. The van der Waals surface area contributed by atoms with Gasteiger partial charge in [0.05, 0.1) is 24.8 Å². The molecule has 0 radical (unpaired) electrons. The molecule has 2 atom stereocenters. The number of aliphatic carboxylic acids is 1. The van der Waals surface area contributed by atoms with E-state index in [0.717, 1.165) is 33.2 Å². The highest BCUT2D eigenvalue weighted by Crippen LogP contribution is 2.39. The summed E-state index contributed by atoms with van der Waals surface area (Å²) >= 11 is 5.94. The van der Waals surface area contributed by atoms with E-state index in [1.54, 1.807) is 0 Å². The van der Waals surface area contributed by atoms with Crippen LogP contribution in [0.15, 0.2) is 54.7 Å². The van der Waals surface area contributed by atoms with Crippen LogP contribution in [0.5, 0.6) is 5.75 Å². The van der Waals surface area contributed by atoms with E-state index in [1.165, 1.54) is 0 Å². The highest BCUT2D eigenvalue weighted by atomic mass is 35.5. The van der Waals surface area contributed by atoms with Crippen LogP contribution >= 0.6 is 11.6 Å². The first kappa shape index (κ1) is 18.6. The molecule has 0 unspecified atom stereocenters. The van der Waals surface area contributed by atoms with Crippen molar-refractivity contribution in [1.82, 2.24) is 9.78 Å². The van der Waals surface area contributed by atoms with E-state index in [4.69, 9.17) is 21.4 Å². The van der Waals surface area contributed by atoms with Crippen molar-refractivity contribution in [1.29, 1.82) is 0 Å². The SMILES string of the molecule is Cc1nn(Cc2ccc(Cl)cc2)cc1-c1ccc(OC[C@@H]2C[C@H]2C(=O)O)cc1. The van der Waals surface area contributed by atoms with Crippen molar-refractivity contribution < 1.29 is 14.6 Å². The second kappa shape index (κ2) is 7.68. The lowest BCUT2D eigenvalue weighted by molar-refractivity contribution is -0.138. The van der Waals surface area contributed by atoms with E-state index in [-0.39, 0.29) is 11.8 Å². The molecule has 0 spiro atoms. The molecule has 5 nitrogen and oxygen atoms in total. The molecule has 144 valence electrons. The van der Waals surface area contributed by atoms with Crippen molar-refractivity contribution in [2.24, 2.45) is 11.8 Å². The van der Waals surface area contributed by atoms with Crippen molar-refractivity contribution in [3.63, 3.8) is 0 Å². The second-order valence-corrected chi connectivity index (χ2v) is 7.66. The van der Waals surface area contributed by atoms with E-state index in [0.29, 0.717) is 19.6 Å². The lowest BCUT2D eigenvalue weighted by atomic mass is 10.1. The van der Waals surface area contributed by atoms with Gasteiger partial charge in [-0.1, -0.05) is 35.9 Å². The first-order chi connectivity index (χ1) is 13.5. The minimum absolute atomic E-state index is 0.130. The highest BCUT2D eigenvalue weighted by Gasteiger charge is 2.43. The molecule has 1 aromatic heterocycles. The second-order valence-electron chi connectivity index (χ2n) is 7.23. The molecule has 6 heteroatoms. The van der Waals surface area contributed by atoms with E-state index < -0.39 is 5.97 Å². The van der Waals surface area contributed by atoms with Crippen LogP contribution in [0.4, 0.5) is 0 Å². The lowest BCUT2D eigenvalue weighted by Crippen LogP contribution is -2.06. The van der Waals surface area contributed by atoms with Crippen molar-refractivity contribution >= 4 is 17.6 Å². The number of carboxylic acid groups (broad SMARTS) is 1. The van der Waals surface area contributed by atoms with Crippen LogP contribution in [0.1, 0.15) is 17.7 Å². The van der Waals surface area contributed by atoms with Crippen LogP contribution in [0.3, 0.4) is 0 Å². The largest absolute Gasteiger partial charge is 0.493 e. The molecule has 1 aliphatic rings. The van der Waals surface area contributed by atoms with Gasteiger partial charge in [0, 0.05) is 22.7 Å². The standard InChI is InChI=1S/C22H21ClN2O3/c1-14-21(12-25(24-14)11-15-2-6-18(23)7-3-15)16-4-8-19(9-5-16)28-13-17-10-20(17)22(26)27/h2-9,12,17,20H,10-11,13H2,1H3,(H,26,27)/t17-,20+/m0/s1. The van der Waals surface area contributed by atoms with E-state index in [2.05, 4.69) is 5.10 Å². The fourth-order valence-electron chi connectivity index (χ4n) is 3.33. The number of ether oxygens (including phenoxy) is 1. The molecule has 0 saturated heterocycles. The summed E-state index contributed by atoms with van der Waals surface area (Å²) in [6, 6.07) is 15.6. The Balaban J connectivity index is 1.40. The molecule has 3 aromatic rings. The zero-order valence-corrected chi connectivity index (χ0v) is 16.3. The van der Waals surface area contributed by atoms with Gasteiger partial charge >= 0.3 is 5.97 Å². The molecule has 1 saturated carbocycles. The summed E-state index contributed by atoms with van der Waals surface area (Å²) < 4.78 is 7.66. The minimum atomic E-state index is -0.727. The van der Waals surface area contributed by atoms with E-state index in [1.807, 2.05) is 66.3 Å². The molecule has 1 fully saturated rings. The van der Waals surface area contributed by atoms with Crippen molar-refractivity contribution in [3.05, 3.63) is 71.0 Å². The monoisotopic (exact) mass is 396 g/mol. The maximum atomic E-state index is 10.9. The van der Waals surface area contributed by atoms with Gasteiger partial charge in [-0.25, -0.2) is 0 Å². The molecule has 0 bridgehead atoms. The molecule has 28 heavy (non-hydrogen) atoms. The fourth-order valence-corrected chi connectivity index (χ4v) is 3.45. The molecule has 1 N–H and O–H groups in total. The van der Waals surface area contributed by atoms with Crippen LogP contribution in [0, 0.1) is 18.8 Å². The Kier molecular flexibility index (Phi) is 5.09. The third kappa shape index (κ3) is 4.20. The third-order valence-corrected chi connectivity index (χ3v) is 5.33. The van der Waals surface area contributed by atoms with Crippen LogP contribution in [-0.2, 0) is 11.3 Å². The van der Waals surface area contributed by atoms with Crippen LogP contribution in [-0.4, -0.2) is 27.5 Å². The zero-order valence-electron chi connectivity index (χ0n) is 15.5. The van der Waals surface area contributed by atoms with E-state index >= 15 is 0 Å². The fraction of sp³-hybridized carbons (Fsp3) is 0.273. The summed E-state index contributed by atoms with van der Waals surface area (Å²) in [5.74, 6) is -0.0834. The van der Waals surface area contributed by atoms with Crippen LogP contribution < -0.4 is 4.74 Å². The number of nitrogens with zero attached hydrogens (tertiary/aromatic N) is 2. The molecular weight excluding hydrogens is 376 g/mol. The molecule has 2 aromatic carbocycles. The number of aromatic nitrogens is 2. The maximum Gasteiger partial charge on any atom is 0.306 e. The molecule has 4 rings (SSSR count). The first-order valence-electron chi connectivity index (χ1n) is 9.24. The van der Waals surface area contributed by atoms with Crippen LogP contribution in [0.25, 0.3) is 11.1 Å². The van der Waals surface area contributed by atoms with Gasteiger partial charge < -0.3 is 9.84 Å². The number of rotatable bonds is 7. The van der Waals surface area contributed by atoms with Gasteiger partial charge in [-0.3, -0.25) is 9.48 Å².